The number of aromatic nitrogens is 1. The van der Waals surface area contributed by atoms with E-state index in [0.717, 1.165) is 29.8 Å². The molecule has 0 radical (unpaired) electrons. The molecule has 1 N–H and O–H groups in total. The molecule has 2 amide bonds. The predicted octanol–water partition coefficient (Wildman–Crippen LogP) is 3.31. The van der Waals surface area contributed by atoms with Crippen molar-refractivity contribution < 1.29 is 9.59 Å². The standard InChI is InChI=1S/C20H25N3O2/c1-4-23(5-2)20(25)17-11-13-18(21-14-17)12-10-16-8-6-7-9-19(16)22-15(3)24/h6-9,11,13-14H,4-5,10,12H2,1-3H3,(H,22,24). The largest absolute Gasteiger partial charge is 0.339 e. The summed E-state index contributed by atoms with van der Waals surface area (Å²) in [5, 5.41) is 2.85. The van der Waals surface area contributed by atoms with Gasteiger partial charge in [0.2, 0.25) is 5.91 Å². The third-order valence-electron chi connectivity index (χ3n) is 4.10. The molecule has 0 aliphatic rings. The lowest BCUT2D eigenvalue weighted by Gasteiger charge is -2.18. The number of rotatable bonds is 7. The van der Waals surface area contributed by atoms with Gasteiger partial charge in [-0.15, -0.1) is 0 Å². The number of pyridine rings is 1. The molecular weight excluding hydrogens is 314 g/mol. The van der Waals surface area contributed by atoms with Crippen molar-refractivity contribution >= 4 is 17.5 Å². The van der Waals surface area contributed by atoms with Crippen molar-refractivity contribution in [2.45, 2.75) is 33.6 Å². The second kappa shape index (κ2) is 8.97. The smallest absolute Gasteiger partial charge is 0.255 e. The van der Waals surface area contributed by atoms with Crippen LogP contribution in [0, 0.1) is 0 Å². The van der Waals surface area contributed by atoms with Crippen LogP contribution >= 0.6 is 0 Å². The Hall–Kier alpha value is -2.69. The fourth-order valence-corrected chi connectivity index (χ4v) is 2.70. The molecule has 0 bridgehead atoms. The first-order valence-electron chi connectivity index (χ1n) is 8.64. The highest BCUT2D eigenvalue weighted by Gasteiger charge is 2.12. The van der Waals surface area contributed by atoms with Crippen molar-refractivity contribution in [1.29, 1.82) is 0 Å². The van der Waals surface area contributed by atoms with E-state index in [1.165, 1.54) is 6.92 Å². The average Bonchev–Trinajstić information content (AvgIpc) is 2.62. The first kappa shape index (κ1) is 18.6. The molecule has 0 fully saturated rings. The van der Waals surface area contributed by atoms with E-state index >= 15 is 0 Å². The molecule has 0 unspecified atom stereocenters. The SMILES string of the molecule is CCN(CC)C(=O)c1ccc(CCc2ccccc2NC(C)=O)nc1. The number of hydrogen-bond acceptors (Lipinski definition) is 3. The fourth-order valence-electron chi connectivity index (χ4n) is 2.70. The summed E-state index contributed by atoms with van der Waals surface area (Å²) in [7, 11) is 0. The number of amides is 2. The van der Waals surface area contributed by atoms with Crippen LogP contribution < -0.4 is 5.32 Å². The Balaban J connectivity index is 2.03. The van der Waals surface area contributed by atoms with Gasteiger partial charge < -0.3 is 10.2 Å². The van der Waals surface area contributed by atoms with Crippen molar-refractivity contribution in [1.82, 2.24) is 9.88 Å². The average molecular weight is 339 g/mol. The van der Waals surface area contributed by atoms with Gasteiger partial charge in [-0.2, -0.15) is 0 Å². The lowest BCUT2D eigenvalue weighted by atomic mass is 10.1. The molecule has 0 atom stereocenters. The van der Waals surface area contributed by atoms with E-state index in [-0.39, 0.29) is 11.8 Å². The van der Waals surface area contributed by atoms with Crippen LogP contribution in [0.4, 0.5) is 5.69 Å². The van der Waals surface area contributed by atoms with Gasteiger partial charge in [-0.25, -0.2) is 0 Å². The van der Waals surface area contributed by atoms with E-state index < -0.39 is 0 Å². The number of benzene rings is 1. The van der Waals surface area contributed by atoms with Gasteiger partial charge in [-0.05, 0) is 50.5 Å². The molecule has 5 heteroatoms. The van der Waals surface area contributed by atoms with Crippen molar-refractivity contribution in [3.63, 3.8) is 0 Å². The minimum absolute atomic E-state index is 0.0139. The second-order valence-corrected chi connectivity index (χ2v) is 5.85. The monoisotopic (exact) mass is 339 g/mol. The van der Waals surface area contributed by atoms with Crippen LogP contribution in [0.1, 0.15) is 42.4 Å². The minimum atomic E-state index is -0.0788. The first-order valence-corrected chi connectivity index (χ1v) is 8.64. The summed E-state index contributed by atoms with van der Waals surface area (Å²) in [4.78, 5) is 29.8. The third kappa shape index (κ3) is 5.14. The number of aryl methyl sites for hydroxylation is 2. The van der Waals surface area contributed by atoms with E-state index in [1.807, 2.05) is 50.2 Å². The highest BCUT2D eigenvalue weighted by molar-refractivity contribution is 5.93. The van der Waals surface area contributed by atoms with Gasteiger partial charge in [0.1, 0.15) is 0 Å². The Kier molecular flexibility index (Phi) is 6.69. The van der Waals surface area contributed by atoms with Gasteiger partial charge >= 0.3 is 0 Å². The van der Waals surface area contributed by atoms with Crippen LogP contribution in [-0.2, 0) is 17.6 Å². The van der Waals surface area contributed by atoms with Gasteiger partial charge in [0.15, 0.2) is 0 Å². The number of anilines is 1. The molecule has 0 aliphatic carbocycles. The number of carbonyl (C=O) groups excluding carboxylic acids is 2. The summed E-state index contributed by atoms with van der Waals surface area (Å²) in [5.41, 5.74) is 3.45. The quantitative estimate of drug-likeness (QED) is 0.842. The molecule has 1 heterocycles. The van der Waals surface area contributed by atoms with Crippen LogP contribution in [-0.4, -0.2) is 34.8 Å². The summed E-state index contributed by atoms with van der Waals surface area (Å²) < 4.78 is 0. The zero-order chi connectivity index (χ0) is 18.2. The van der Waals surface area contributed by atoms with Crippen molar-refractivity contribution in [2.24, 2.45) is 0 Å². The molecule has 2 aromatic rings. The van der Waals surface area contributed by atoms with Crippen LogP contribution in [0.2, 0.25) is 0 Å². The van der Waals surface area contributed by atoms with Crippen molar-refractivity contribution in [3.05, 3.63) is 59.4 Å². The van der Waals surface area contributed by atoms with E-state index in [9.17, 15) is 9.59 Å². The van der Waals surface area contributed by atoms with E-state index in [4.69, 9.17) is 0 Å². The van der Waals surface area contributed by atoms with Crippen LogP contribution in [0.3, 0.4) is 0 Å². The number of nitrogens with zero attached hydrogens (tertiary/aromatic N) is 2. The minimum Gasteiger partial charge on any atom is -0.339 e. The van der Waals surface area contributed by atoms with Gasteiger partial charge in [0.25, 0.3) is 5.91 Å². The zero-order valence-electron chi connectivity index (χ0n) is 15.1. The molecule has 0 spiro atoms. The summed E-state index contributed by atoms with van der Waals surface area (Å²) >= 11 is 0. The Morgan fingerprint density at radius 2 is 1.76 bits per heavy atom. The Bertz CT molecular complexity index is 722. The summed E-state index contributed by atoms with van der Waals surface area (Å²) in [6.45, 7) is 6.82. The number of nitrogens with one attached hydrogen (secondary N) is 1. The molecule has 132 valence electrons. The molecule has 0 saturated heterocycles. The molecule has 25 heavy (non-hydrogen) atoms. The maximum Gasteiger partial charge on any atom is 0.255 e. The fraction of sp³-hybridized carbons (Fsp3) is 0.350. The number of para-hydroxylation sites is 1. The van der Waals surface area contributed by atoms with E-state index in [1.54, 1.807) is 11.1 Å². The molecule has 0 saturated carbocycles. The van der Waals surface area contributed by atoms with Crippen molar-refractivity contribution in [2.75, 3.05) is 18.4 Å². The lowest BCUT2D eigenvalue weighted by Crippen LogP contribution is -2.30. The van der Waals surface area contributed by atoms with Crippen molar-refractivity contribution in [3.8, 4) is 0 Å². The summed E-state index contributed by atoms with van der Waals surface area (Å²) in [5.74, 6) is -0.0649. The predicted molar refractivity (Wildman–Crippen MR) is 99.6 cm³/mol. The maximum atomic E-state index is 12.3. The summed E-state index contributed by atoms with van der Waals surface area (Å²) in [6.07, 6.45) is 3.17. The van der Waals surface area contributed by atoms with E-state index in [0.29, 0.717) is 18.7 Å². The van der Waals surface area contributed by atoms with Gasteiger partial charge in [0, 0.05) is 37.6 Å². The molecule has 1 aromatic heterocycles. The molecule has 5 nitrogen and oxygen atoms in total. The summed E-state index contributed by atoms with van der Waals surface area (Å²) in [6, 6.07) is 11.5. The van der Waals surface area contributed by atoms with Crippen LogP contribution in [0.15, 0.2) is 42.6 Å². The van der Waals surface area contributed by atoms with Gasteiger partial charge in [-0.1, -0.05) is 18.2 Å². The van der Waals surface area contributed by atoms with Crippen LogP contribution in [0.25, 0.3) is 0 Å². The van der Waals surface area contributed by atoms with Crippen LogP contribution in [0.5, 0.6) is 0 Å². The maximum absolute atomic E-state index is 12.3. The lowest BCUT2D eigenvalue weighted by molar-refractivity contribution is -0.114. The molecular formula is C20H25N3O2. The Morgan fingerprint density at radius 3 is 2.36 bits per heavy atom. The highest BCUT2D eigenvalue weighted by atomic mass is 16.2. The second-order valence-electron chi connectivity index (χ2n) is 5.85. The Labute approximate surface area is 149 Å². The number of hydrogen-bond donors (Lipinski definition) is 1. The number of carbonyl (C=O) groups is 2. The normalized spacial score (nSPS) is 10.4. The Morgan fingerprint density at radius 1 is 1.04 bits per heavy atom. The molecule has 1 aromatic carbocycles. The van der Waals surface area contributed by atoms with Gasteiger partial charge in [0.05, 0.1) is 5.56 Å². The van der Waals surface area contributed by atoms with E-state index in [2.05, 4.69) is 10.3 Å². The highest BCUT2D eigenvalue weighted by Crippen LogP contribution is 2.17. The molecule has 0 aliphatic heterocycles. The first-order chi connectivity index (χ1) is 12.0. The third-order valence-corrected chi connectivity index (χ3v) is 4.10. The zero-order valence-corrected chi connectivity index (χ0v) is 15.1. The molecule has 2 rings (SSSR count). The topological polar surface area (TPSA) is 62.3 Å². The van der Waals surface area contributed by atoms with Gasteiger partial charge in [-0.3, -0.25) is 14.6 Å².